The molecule has 10 heteroatoms. The van der Waals surface area contributed by atoms with E-state index in [0.717, 1.165) is 10.6 Å². The smallest absolute Gasteiger partial charge is 0.335 e. The van der Waals surface area contributed by atoms with Crippen LogP contribution in [0.1, 0.15) is 29.0 Å². The molecule has 26 heavy (non-hydrogen) atoms. The molecule has 2 fully saturated rings. The van der Waals surface area contributed by atoms with Gasteiger partial charge in [0.2, 0.25) is 5.91 Å². The van der Waals surface area contributed by atoms with E-state index in [1.165, 1.54) is 0 Å². The second-order valence-corrected chi connectivity index (χ2v) is 6.80. The molecule has 3 heterocycles. The molecule has 2 amide bonds. The standard InChI is InChI=1S/C16H22F3N5O2/c1-11-9-12(21-20-11)14(25)23-7-5-22(6-8-23)13-3-2-4-24(15(13)26)10-16(17,18)19/h9,13H,2-8,10H2,1H3,(H,20,21)/t13-/m1/s1. The maximum atomic E-state index is 12.6. The molecule has 1 aromatic rings. The second-order valence-electron chi connectivity index (χ2n) is 6.80. The molecule has 1 N–H and O–H groups in total. The highest BCUT2D eigenvalue weighted by Gasteiger charge is 2.40. The van der Waals surface area contributed by atoms with E-state index >= 15 is 0 Å². The van der Waals surface area contributed by atoms with Crippen molar-refractivity contribution in [2.24, 2.45) is 0 Å². The number of hydrogen-bond donors (Lipinski definition) is 1. The summed E-state index contributed by atoms with van der Waals surface area (Å²) in [6, 6.07) is 1.14. The zero-order valence-electron chi connectivity index (χ0n) is 14.6. The number of H-pyrrole nitrogens is 1. The first-order valence-electron chi connectivity index (χ1n) is 8.65. The normalized spacial score (nSPS) is 22.8. The van der Waals surface area contributed by atoms with Crippen molar-refractivity contribution >= 4 is 11.8 Å². The van der Waals surface area contributed by atoms with Crippen molar-refractivity contribution in [3.8, 4) is 0 Å². The molecular formula is C16H22F3N5O2. The van der Waals surface area contributed by atoms with Crippen molar-refractivity contribution in [3.05, 3.63) is 17.5 Å². The molecule has 0 spiro atoms. The summed E-state index contributed by atoms with van der Waals surface area (Å²) in [5.74, 6) is -0.640. The Hall–Kier alpha value is -2.10. The first kappa shape index (κ1) is 18.7. The Morgan fingerprint density at radius 1 is 1.27 bits per heavy atom. The van der Waals surface area contributed by atoms with Gasteiger partial charge in [-0.3, -0.25) is 19.6 Å². The number of carbonyl (C=O) groups is 2. The van der Waals surface area contributed by atoms with Crippen molar-refractivity contribution in [1.82, 2.24) is 24.9 Å². The third-order valence-corrected chi connectivity index (χ3v) is 4.84. The highest BCUT2D eigenvalue weighted by molar-refractivity contribution is 5.92. The molecule has 0 radical (unpaired) electrons. The Morgan fingerprint density at radius 2 is 1.96 bits per heavy atom. The molecule has 2 saturated heterocycles. The van der Waals surface area contributed by atoms with Crippen LogP contribution in [-0.4, -0.2) is 88.2 Å². The molecule has 7 nitrogen and oxygen atoms in total. The van der Waals surface area contributed by atoms with E-state index in [9.17, 15) is 22.8 Å². The van der Waals surface area contributed by atoms with Crippen molar-refractivity contribution in [1.29, 1.82) is 0 Å². The van der Waals surface area contributed by atoms with Gasteiger partial charge in [-0.15, -0.1) is 0 Å². The number of nitrogens with zero attached hydrogens (tertiary/aromatic N) is 4. The molecule has 0 unspecified atom stereocenters. The Bertz CT molecular complexity index is 667. The molecule has 144 valence electrons. The lowest BCUT2D eigenvalue weighted by molar-refractivity contribution is -0.168. The van der Waals surface area contributed by atoms with Crippen molar-refractivity contribution < 1.29 is 22.8 Å². The summed E-state index contributed by atoms with van der Waals surface area (Å²) in [5.41, 5.74) is 1.14. The van der Waals surface area contributed by atoms with Gasteiger partial charge in [0.25, 0.3) is 5.91 Å². The fraction of sp³-hybridized carbons (Fsp3) is 0.688. The van der Waals surface area contributed by atoms with E-state index in [1.54, 1.807) is 11.0 Å². The van der Waals surface area contributed by atoms with Gasteiger partial charge in [0, 0.05) is 38.4 Å². The Morgan fingerprint density at radius 3 is 2.54 bits per heavy atom. The zero-order valence-corrected chi connectivity index (χ0v) is 14.6. The predicted molar refractivity (Wildman–Crippen MR) is 86.5 cm³/mol. The van der Waals surface area contributed by atoms with Crippen molar-refractivity contribution in [3.63, 3.8) is 0 Å². The molecule has 0 aliphatic carbocycles. The van der Waals surface area contributed by atoms with Gasteiger partial charge in [-0.1, -0.05) is 0 Å². The van der Waals surface area contributed by atoms with E-state index in [0.29, 0.717) is 44.7 Å². The second kappa shape index (κ2) is 7.26. The van der Waals surface area contributed by atoms with Crippen molar-refractivity contribution in [2.45, 2.75) is 32.0 Å². The average molecular weight is 373 g/mol. The number of piperazine rings is 1. The summed E-state index contributed by atoms with van der Waals surface area (Å²) in [4.78, 5) is 29.3. The van der Waals surface area contributed by atoms with Crippen LogP contribution in [0.5, 0.6) is 0 Å². The number of hydrogen-bond acceptors (Lipinski definition) is 4. The van der Waals surface area contributed by atoms with E-state index in [4.69, 9.17) is 0 Å². The maximum absolute atomic E-state index is 12.6. The van der Waals surface area contributed by atoms with Gasteiger partial charge in [0.05, 0.1) is 6.04 Å². The lowest BCUT2D eigenvalue weighted by Crippen LogP contribution is -2.59. The number of likely N-dealkylation sites (tertiary alicyclic amines) is 1. The van der Waals surface area contributed by atoms with Crippen LogP contribution in [0.3, 0.4) is 0 Å². The molecule has 1 atom stereocenters. The van der Waals surface area contributed by atoms with Crippen LogP contribution >= 0.6 is 0 Å². The van der Waals surface area contributed by atoms with Gasteiger partial charge < -0.3 is 9.80 Å². The third kappa shape index (κ3) is 4.17. The number of nitrogens with one attached hydrogen (secondary N) is 1. The van der Waals surface area contributed by atoms with Crippen LogP contribution in [0.15, 0.2) is 6.07 Å². The number of rotatable bonds is 3. The number of aryl methyl sites for hydroxylation is 1. The number of aromatic amines is 1. The summed E-state index contributed by atoms with van der Waals surface area (Å²) in [5, 5.41) is 6.69. The van der Waals surface area contributed by atoms with E-state index < -0.39 is 24.7 Å². The number of aromatic nitrogens is 2. The molecule has 1 aromatic heterocycles. The van der Waals surface area contributed by atoms with Gasteiger partial charge >= 0.3 is 6.18 Å². The number of alkyl halides is 3. The first-order chi connectivity index (χ1) is 12.2. The Balaban J connectivity index is 1.57. The third-order valence-electron chi connectivity index (χ3n) is 4.84. The van der Waals surface area contributed by atoms with Crippen LogP contribution in [-0.2, 0) is 4.79 Å². The van der Waals surface area contributed by atoms with Gasteiger partial charge in [0.15, 0.2) is 0 Å². The van der Waals surface area contributed by atoms with Crippen molar-refractivity contribution in [2.75, 3.05) is 39.3 Å². The minimum atomic E-state index is -4.38. The SMILES string of the molecule is Cc1cc(C(=O)N2CCN([C@@H]3CCCN(CC(F)(F)F)C3=O)CC2)n[nH]1. The van der Waals surface area contributed by atoms with Crippen LogP contribution in [0.2, 0.25) is 0 Å². The number of amides is 2. The molecule has 2 aliphatic rings. The minimum Gasteiger partial charge on any atom is -0.335 e. The summed E-state index contributed by atoms with van der Waals surface area (Å²) in [7, 11) is 0. The molecule has 0 aromatic carbocycles. The van der Waals surface area contributed by atoms with Crippen LogP contribution in [0.25, 0.3) is 0 Å². The van der Waals surface area contributed by atoms with Gasteiger partial charge in [-0.2, -0.15) is 18.3 Å². The fourth-order valence-electron chi connectivity index (χ4n) is 3.56. The largest absolute Gasteiger partial charge is 0.406 e. The summed E-state index contributed by atoms with van der Waals surface area (Å²) >= 11 is 0. The van der Waals surface area contributed by atoms with E-state index in [2.05, 4.69) is 10.2 Å². The lowest BCUT2D eigenvalue weighted by atomic mass is 10.0. The highest BCUT2D eigenvalue weighted by atomic mass is 19.4. The van der Waals surface area contributed by atoms with Crippen LogP contribution < -0.4 is 0 Å². The predicted octanol–water partition coefficient (Wildman–Crippen LogP) is 1.03. The first-order valence-corrected chi connectivity index (χ1v) is 8.65. The average Bonchev–Trinajstić information content (AvgIpc) is 3.02. The number of halogens is 3. The molecule has 2 aliphatic heterocycles. The topological polar surface area (TPSA) is 72.5 Å². The Labute approximate surface area is 149 Å². The fourth-order valence-corrected chi connectivity index (χ4v) is 3.56. The minimum absolute atomic E-state index is 0.145. The van der Waals surface area contributed by atoms with Crippen LogP contribution in [0, 0.1) is 6.92 Å². The van der Waals surface area contributed by atoms with Crippen LogP contribution in [0.4, 0.5) is 13.2 Å². The van der Waals surface area contributed by atoms with Gasteiger partial charge in [-0.05, 0) is 25.8 Å². The van der Waals surface area contributed by atoms with E-state index in [1.807, 2.05) is 11.8 Å². The molecule has 0 bridgehead atoms. The zero-order chi connectivity index (χ0) is 18.9. The molecular weight excluding hydrogens is 351 g/mol. The monoisotopic (exact) mass is 373 g/mol. The molecule has 0 saturated carbocycles. The number of piperidine rings is 1. The number of carbonyl (C=O) groups excluding carboxylic acids is 2. The summed E-state index contributed by atoms with van der Waals surface area (Å²) < 4.78 is 37.9. The maximum Gasteiger partial charge on any atom is 0.406 e. The van der Waals surface area contributed by atoms with Gasteiger partial charge in [-0.25, -0.2) is 0 Å². The summed E-state index contributed by atoms with van der Waals surface area (Å²) in [6.07, 6.45) is -3.28. The summed E-state index contributed by atoms with van der Waals surface area (Å²) in [6.45, 7) is 2.53. The Kier molecular flexibility index (Phi) is 5.22. The lowest BCUT2D eigenvalue weighted by Gasteiger charge is -2.42. The van der Waals surface area contributed by atoms with Gasteiger partial charge in [0.1, 0.15) is 12.2 Å². The quantitative estimate of drug-likeness (QED) is 0.859. The highest BCUT2D eigenvalue weighted by Crippen LogP contribution is 2.24. The van der Waals surface area contributed by atoms with E-state index in [-0.39, 0.29) is 12.5 Å². The molecule has 3 rings (SSSR count).